The van der Waals surface area contributed by atoms with E-state index >= 15 is 0 Å². The van der Waals surface area contributed by atoms with Crippen LogP contribution >= 0.6 is 11.6 Å². The minimum Gasteiger partial charge on any atom is -0.355 e. The SMILES string of the molecule is CC=NCOC1CC(Cl)C(F)CC2(C)NN=CC12. The lowest BCUT2D eigenvalue weighted by Crippen LogP contribution is -2.47. The summed E-state index contributed by atoms with van der Waals surface area (Å²) in [6.45, 7) is 4.08. The maximum absolute atomic E-state index is 14.0. The van der Waals surface area contributed by atoms with Gasteiger partial charge in [0.1, 0.15) is 12.9 Å². The van der Waals surface area contributed by atoms with Gasteiger partial charge in [0.2, 0.25) is 0 Å². The predicted octanol–water partition coefficient (Wildman–Crippen LogP) is 2.12. The van der Waals surface area contributed by atoms with E-state index in [2.05, 4.69) is 15.5 Å². The molecule has 2 aliphatic rings. The van der Waals surface area contributed by atoms with Gasteiger partial charge in [-0.2, -0.15) is 5.10 Å². The third-order valence-electron chi connectivity index (χ3n) is 3.71. The number of fused-ring (bicyclic) bond motifs is 1. The second kappa shape index (κ2) is 5.53. The molecule has 1 N–H and O–H groups in total. The zero-order chi connectivity index (χ0) is 13.2. The van der Waals surface area contributed by atoms with Gasteiger partial charge in [0.25, 0.3) is 0 Å². The van der Waals surface area contributed by atoms with Gasteiger partial charge in [-0.15, -0.1) is 11.6 Å². The van der Waals surface area contributed by atoms with Gasteiger partial charge in [0, 0.05) is 18.6 Å². The molecule has 0 amide bonds. The lowest BCUT2D eigenvalue weighted by molar-refractivity contribution is 0.0168. The molecule has 1 fully saturated rings. The Labute approximate surface area is 112 Å². The van der Waals surface area contributed by atoms with E-state index in [4.69, 9.17) is 16.3 Å². The van der Waals surface area contributed by atoms with Crippen LogP contribution < -0.4 is 5.43 Å². The number of nitrogens with one attached hydrogen (secondary N) is 1. The molecular formula is C12H19ClFN3O. The maximum atomic E-state index is 14.0. The van der Waals surface area contributed by atoms with Gasteiger partial charge in [0.05, 0.1) is 17.0 Å². The van der Waals surface area contributed by atoms with Gasteiger partial charge in [-0.1, -0.05) is 0 Å². The molecule has 1 aliphatic carbocycles. The molecule has 1 saturated carbocycles. The van der Waals surface area contributed by atoms with Crippen LogP contribution in [0.1, 0.15) is 26.7 Å². The first-order chi connectivity index (χ1) is 8.57. The lowest BCUT2D eigenvalue weighted by Gasteiger charge is -2.32. The minimum absolute atomic E-state index is 0.0338. The molecule has 102 valence electrons. The lowest BCUT2D eigenvalue weighted by atomic mass is 9.82. The second-order valence-corrected chi connectivity index (χ2v) is 5.64. The highest BCUT2D eigenvalue weighted by Gasteiger charge is 2.48. The van der Waals surface area contributed by atoms with Crippen LogP contribution in [-0.4, -0.2) is 42.4 Å². The zero-order valence-electron chi connectivity index (χ0n) is 10.6. The molecule has 0 saturated heterocycles. The van der Waals surface area contributed by atoms with Crippen LogP contribution in [-0.2, 0) is 4.74 Å². The fraction of sp³-hybridized carbons (Fsp3) is 0.833. The number of nitrogens with zero attached hydrogens (tertiary/aromatic N) is 2. The van der Waals surface area contributed by atoms with E-state index in [1.54, 1.807) is 6.21 Å². The molecule has 0 aromatic carbocycles. The summed E-state index contributed by atoms with van der Waals surface area (Å²) in [7, 11) is 0. The first-order valence-electron chi connectivity index (χ1n) is 6.21. The van der Waals surface area contributed by atoms with Crippen molar-refractivity contribution in [2.75, 3.05) is 6.73 Å². The van der Waals surface area contributed by atoms with E-state index in [-0.39, 0.29) is 18.8 Å². The Morgan fingerprint density at radius 2 is 2.50 bits per heavy atom. The van der Waals surface area contributed by atoms with Gasteiger partial charge in [-0.25, -0.2) is 4.39 Å². The number of halogens is 2. The molecule has 6 heteroatoms. The van der Waals surface area contributed by atoms with Crippen molar-refractivity contribution in [3.63, 3.8) is 0 Å². The predicted molar refractivity (Wildman–Crippen MR) is 71.2 cm³/mol. The highest BCUT2D eigenvalue weighted by molar-refractivity contribution is 6.21. The summed E-state index contributed by atoms with van der Waals surface area (Å²) in [6, 6.07) is 0. The summed E-state index contributed by atoms with van der Waals surface area (Å²) >= 11 is 6.09. The van der Waals surface area contributed by atoms with Crippen molar-refractivity contribution in [2.45, 2.75) is 49.9 Å². The number of hydrogen-bond acceptors (Lipinski definition) is 4. The fourth-order valence-electron chi connectivity index (χ4n) is 2.63. The number of rotatable bonds is 3. The Kier molecular flexibility index (Phi) is 4.22. The Hall–Kier alpha value is -0.680. The fourth-order valence-corrected chi connectivity index (χ4v) is 2.89. The average molecular weight is 276 g/mol. The molecule has 1 aliphatic heterocycles. The van der Waals surface area contributed by atoms with Crippen LogP contribution in [0.3, 0.4) is 0 Å². The summed E-state index contributed by atoms with van der Waals surface area (Å²) < 4.78 is 19.7. The van der Waals surface area contributed by atoms with Crippen molar-refractivity contribution >= 4 is 24.0 Å². The van der Waals surface area contributed by atoms with Crippen molar-refractivity contribution in [2.24, 2.45) is 16.0 Å². The van der Waals surface area contributed by atoms with E-state index in [1.807, 2.05) is 20.1 Å². The van der Waals surface area contributed by atoms with Gasteiger partial charge in [-0.05, 0) is 26.5 Å². The summed E-state index contributed by atoms with van der Waals surface area (Å²) in [6.07, 6.45) is 3.13. The third-order valence-corrected chi connectivity index (χ3v) is 4.16. The largest absolute Gasteiger partial charge is 0.355 e. The highest BCUT2D eigenvalue weighted by atomic mass is 35.5. The minimum atomic E-state index is -1.04. The van der Waals surface area contributed by atoms with Crippen LogP contribution in [0.4, 0.5) is 4.39 Å². The normalized spacial score (nSPS) is 43.8. The average Bonchev–Trinajstić information content (AvgIpc) is 2.65. The van der Waals surface area contributed by atoms with Crippen molar-refractivity contribution < 1.29 is 9.13 Å². The van der Waals surface area contributed by atoms with E-state index in [1.165, 1.54) is 0 Å². The standard InChI is InChI=1S/C12H19ClFN3O/c1-3-15-7-18-11-4-9(13)10(14)5-12(2)8(11)6-16-17-12/h3,6,8-11,17H,4-5,7H2,1-2H3. The Bertz CT molecular complexity index is 352. The van der Waals surface area contributed by atoms with Gasteiger partial charge in [0.15, 0.2) is 0 Å². The van der Waals surface area contributed by atoms with Crippen LogP contribution in [0.5, 0.6) is 0 Å². The third kappa shape index (κ3) is 2.67. The first-order valence-corrected chi connectivity index (χ1v) is 6.65. The van der Waals surface area contributed by atoms with E-state index in [0.717, 1.165) is 0 Å². The number of hydrazone groups is 1. The topological polar surface area (TPSA) is 46.0 Å². The molecule has 5 atom stereocenters. The molecule has 0 radical (unpaired) electrons. The molecular weight excluding hydrogens is 257 g/mol. The second-order valence-electron chi connectivity index (χ2n) is 5.08. The Morgan fingerprint density at radius 1 is 1.72 bits per heavy atom. The van der Waals surface area contributed by atoms with Crippen molar-refractivity contribution in [3.8, 4) is 0 Å². The van der Waals surface area contributed by atoms with Crippen molar-refractivity contribution in [3.05, 3.63) is 0 Å². The smallest absolute Gasteiger partial charge is 0.137 e. The van der Waals surface area contributed by atoms with Gasteiger partial charge < -0.3 is 10.2 Å². The molecule has 4 nitrogen and oxygen atoms in total. The molecule has 5 unspecified atom stereocenters. The van der Waals surface area contributed by atoms with Gasteiger partial charge >= 0.3 is 0 Å². The van der Waals surface area contributed by atoms with Crippen LogP contribution in [0.15, 0.2) is 10.1 Å². The summed E-state index contributed by atoms with van der Waals surface area (Å²) in [5.74, 6) is 0.0338. The Balaban J connectivity index is 2.13. The van der Waals surface area contributed by atoms with E-state index in [9.17, 15) is 4.39 Å². The Morgan fingerprint density at radius 3 is 3.22 bits per heavy atom. The molecule has 2 rings (SSSR count). The van der Waals surface area contributed by atoms with Gasteiger partial charge in [-0.3, -0.25) is 4.99 Å². The quantitative estimate of drug-likeness (QED) is 0.633. The van der Waals surface area contributed by atoms with Crippen LogP contribution in [0.25, 0.3) is 0 Å². The van der Waals surface area contributed by atoms with Crippen LogP contribution in [0, 0.1) is 5.92 Å². The van der Waals surface area contributed by atoms with Crippen molar-refractivity contribution in [1.82, 2.24) is 5.43 Å². The number of aliphatic imine (C=N–C) groups is 1. The number of hydrogen-bond donors (Lipinski definition) is 1. The maximum Gasteiger partial charge on any atom is 0.137 e. The van der Waals surface area contributed by atoms with Crippen molar-refractivity contribution in [1.29, 1.82) is 0 Å². The molecule has 0 spiro atoms. The monoisotopic (exact) mass is 275 g/mol. The molecule has 18 heavy (non-hydrogen) atoms. The summed E-state index contributed by atoms with van der Waals surface area (Å²) in [5, 5.41) is 3.56. The zero-order valence-corrected chi connectivity index (χ0v) is 11.4. The van der Waals surface area contributed by atoms with E-state index < -0.39 is 17.1 Å². The molecule has 0 aromatic rings. The molecule has 0 bridgehead atoms. The highest BCUT2D eigenvalue weighted by Crippen LogP contribution is 2.38. The molecule has 0 aromatic heterocycles. The summed E-state index contributed by atoms with van der Waals surface area (Å²) in [5.41, 5.74) is 2.59. The number of ether oxygens (including phenoxy) is 1. The number of alkyl halides is 2. The molecule has 1 heterocycles. The van der Waals surface area contributed by atoms with E-state index in [0.29, 0.717) is 12.8 Å². The van der Waals surface area contributed by atoms with Crippen LogP contribution in [0.2, 0.25) is 0 Å². The summed E-state index contributed by atoms with van der Waals surface area (Å²) in [4.78, 5) is 4.03. The first kappa shape index (κ1) is 13.7.